The highest BCUT2D eigenvalue weighted by Crippen LogP contribution is 2.28. The minimum atomic E-state index is 0.403. The average molecular weight is 249 g/mol. The predicted molar refractivity (Wildman–Crippen MR) is 67.2 cm³/mol. The van der Waals surface area contributed by atoms with Crippen molar-refractivity contribution in [3.05, 3.63) is 22.1 Å². The second kappa shape index (κ2) is 4.58. The fourth-order valence-electron chi connectivity index (χ4n) is 2.16. The van der Waals surface area contributed by atoms with Gasteiger partial charge in [-0.3, -0.25) is 0 Å². The monoisotopic (exact) mass is 249 g/mol. The number of hydrogen-bond donors (Lipinski definition) is 1. The lowest BCUT2D eigenvalue weighted by Crippen LogP contribution is -2.28. The third-order valence-corrected chi connectivity index (χ3v) is 4.05. The fraction of sp³-hybridized carbons (Fsp3) is 0.500. The largest absolute Gasteiger partial charge is 0.334 e. The molecule has 1 fully saturated rings. The van der Waals surface area contributed by atoms with Gasteiger partial charge in [0.15, 0.2) is 5.82 Å². The maximum atomic E-state index is 5.36. The second-order valence-corrected chi connectivity index (χ2v) is 5.21. The van der Waals surface area contributed by atoms with Gasteiger partial charge in [0, 0.05) is 17.8 Å². The van der Waals surface area contributed by atoms with Gasteiger partial charge in [0.1, 0.15) is 0 Å². The highest BCUT2D eigenvalue weighted by Gasteiger charge is 2.21. The normalized spacial score (nSPS) is 20.6. The molecule has 2 aromatic heterocycles. The minimum absolute atomic E-state index is 0.403. The van der Waals surface area contributed by atoms with E-state index in [-0.39, 0.29) is 0 Å². The van der Waals surface area contributed by atoms with Crippen molar-refractivity contribution < 1.29 is 4.52 Å². The van der Waals surface area contributed by atoms with E-state index in [4.69, 9.17) is 4.52 Å². The van der Waals surface area contributed by atoms with E-state index in [2.05, 4.69) is 33.1 Å². The molecule has 0 saturated carbocycles. The van der Waals surface area contributed by atoms with E-state index in [1.807, 2.05) is 0 Å². The van der Waals surface area contributed by atoms with Crippen LogP contribution in [0.4, 0.5) is 0 Å². The first kappa shape index (κ1) is 10.9. The summed E-state index contributed by atoms with van der Waals surface area (Å²) in [4.78, 5) is 4.53. The lowest BCUT2D eigenvalue weighted by Gasteiger charge is -2.19. The molecule has 3 heterocycles. The van der Waals surface area contributed by atoms with E-state index >= 15 is 0 Å². The molecule has 5 heteroatoms. The van der Waals surface area contributed by atoms with Crippen molar-refractivity contribution in [1.29, 1.82) is 0 Å². The van der Waals surface area contributed by atoms with Gasteiger partial charge >= 0.3 is 0 Å². The quantitative estimate of drug-likeness (QED) is 0.888. The van der Waals surface area contributed by atoms with E-state index < -0.39 is 0 Å². The zero-order valence-corrected chi connectivity index (χ0v) is 10.6. The summed E-state index contributed by atoms with van der Waals surface area (Å²) in [5.74, 6) is 1.90. The molecule has 1 saturated heterocycles. The summed E-state index contributed by atoms with van der Waals surface area (Å²) in [6, 6.07) is 0. The number of nitrogens with one attached hydrogen (secondary N) is 1. The van der Waals surface area contributed by atoms with E-state index in [1.165, 1.54) is 12.0 Å². The molecule has 17 heavy (non-hydrogen) atoms. The van der Waals surface area contributed by atoms with Gasteiger partial charge < -0.3 is 9.84 Å². The van der Waals surface area contributed by atoms with Crippen molar-refractivity contribution in [3.8, 4) is 11.5 Å². The van der Waals surface area contributed by atoms with Crippen LogP contribution in [-0.2, 0) is 0 Å². The molecule has 0 amide bonds. The van der Waals surface area contributed by atoms with Crippen molar-refractivity contribution in [3.63, 3.8) is 0 Å². The van der Waals surface area contributed by atoms with Crippen LogP contribution in [-0.4, -0.2) is 23.2 Å². The first-order chi connectivity index (χ1) is 8.34. The molecular weight excluding hydrogens is 234 g/mol. The lowest BCUT2D eigenvalue weighted by atomic mass is 9.99. The van der Waals surface area contributed by atoms with Gasteiger partial charge in [-0.15, -0.1) is 0 Å². The molecule has 1 aliphatic rings. The van der Waals surface area contributed by atoms with E-state index in [9.17, 15) is 0 Å². The molecule has 3 rings (SSSR count). The van der Waals surface area contributed by atoms with Crippen LogP contribution in [0.3, 0.4) is 0 Å². The summed E-state index contributed by atoms with van der Waals surface area (Å²) in [5, 5.41) is 11.6. The summed E-state index contributed by atoms with van der Waals surface area (Å²) in [7, 11) is 0. The van der Waals surface area contributed by atoms with Crippen molar-refractivity contribution >= 4 is 11.3 Å². The molecule has 0 spiro atoms. The van der Waals surface area contributed by atoms with E-state index in [0.29, 0.717) is 11.8 Å². The highest BCUT2D eigenvalue weighted by atomic mass is 32.1. The molecule has 90 valence electrons. The number of piperidine rings is 1. The molecule has 0 bridgehead atoms. The van der Waals surface area contributed by atoms with Gasteiger partial charge in [-0.2, -0.15) is 16.3 Å². The summed E-state index contributed by atoms with van der Waals surface area (Å²) in [6.45, 7) is 4.13. The Kier molecular flexibility index (Phi) is 2.94. The van der Waals surface area contributed by atoms with Crippen LogP contribution < -0.4 is 5.32 Å². The van der Waals surface area contributed by atoms with Gasteiger partial charge in [0.2, 0.25) is 0 Å². The highest BCUT2D eigenvalue weighted by molar-refractivity contribution is 7.08. The van der Waals surface area contributed by atoms with Gasteiger partial charge in [-0.05, 0) is 37.3 Å². The SMILES string of the molecule is Cc1cscc1-c1nc(C2CCCNC2)no1. The Morgan fingerprint density at radius 3 is 3.12 bits per heavy atom. The Morgan fingerprint density at radius 1 is 1.47 bits per heavy atom. The number of hydrogen-bond acceptors (Lipinski definition) is 5. The molecule has 0 radical (unpaired) electrons. The van der Waals surface area contributed by atoms with Crippen molar-refractivity contribution in [2.45, 2.75) is 25.7 Å². The van der Waals surface area contributed by atoms with Gasteiger partial charge in [-0.1, -0.05) is 5.16 Å². The Labute approximate surface area is 104 Å². The number of thiophene rings is 1. The van der Waals surface area contributed by atoms with Gasteiger partial charge in [-0.25, -0.2) is 0 Å². The topological polar surface area (TPSA) is 51.0 Å². The van der Waals surface area contributed by atoms with Crippen LogP contribution in [0.2, 0.25) is 0 Å². The summed E-state index contributed by atoms with van der Waals surface area (Å²) in [6.07, 6.45) is 2.33. The van der Waals surface area contributed by atoms with Crippen LogP contribution in [0.5, 0.6) is 0 Å². The smallest absolute Gasteiger partial charge is 0.259 e. The fourth-order valence-corrected chi connectivity index (χ4v) is 2.98. The molecule has 0 aliphatic carbocycles. The van der Waals surface area contributed by atoms with E-state index in [0.717, 1.165) is 30.9 Å². The van der Waals surface area contributed by atoms with E-state index in [1.54, 1.807) is 11.3 Å². The molecule has 1 atom stereocenters. The number of aryl methyl sites for hydroxylation is 1. The Bertz CT molecular complexity index is 499. The minimum Gasteiger partial charge on any atom is -0.334 e. The maximum Gasteiger partial charge on any atom is 0.259 e. The Balaban J connectivity index is 1.85. The second-order valence-electron chi connectivity index (χ2n) is 4.47. The first-order valence-corrected chi connectivity index (χ1v) is 6.86. The van der Waals surface area contributed by atoms with Gasteiger partial charge in [0.05, 0.1) is 5.56 Å². The van der Waals surface area contributed by atoms with Crippen molar-refractivity contribution in [1.82, 2.24) is 15.5 Å². The molecule has 2 aromatic rings. The average Bonchev–Trinajstić information content (AvgIpc) is 2.98. The Morgan fingerprint density at radius 2 is 2.41 bits per heavy atom. The summed E-state index contributed by atoms with van der Waals surface area (Å²) >= 11 is 1.67. The zero-order valence-electron chi connectivity index (χ0n) is 9.77. The number of rotatable bonds is 2. The van der Waals surface area contributed by atoms with Crippen LogP contribution in [0.1, 0.15) is 30.1 Å². The first-order valence-electron chi connectivity index (χ1n) is 5.92. The standard InChI is InChI=1S/C12H15N3OS/c1-8-6-17-7-10(8)12-14-11(15-16-12)9-3-2-4-13-5-9/h6-7,9,13H,2-5H2,1H3. The molecule has 1 aliphatic heterocycles. The molecule has 4 nitrogen and oxygen atoms in total. The zero-order chi connectivity index (χ0) is 11.7. The molecule has 1 N–H and O–H groups in total. The number of aromatic nitrogens is 2. The lowest BCUT2D eigenvalue weighted by molar-refractivity contribution is 0.393. The van der Waals surface area contributed by atoms with Crippen LogP contribution in [0, 0.1) is 6.92 Å². The molecule has 0 aromatic carbocycles. The molecule has 1 unspecified atom stereocenters. The van der Waals surface area contributed by atoms with Gasteiger partial charge in [0.25, 0.3) is 5.89 Å². The van der Waals surface area contributed by atoms with Crippen LogP contribution in [0.15, 0.2) is 15.3 Å². The predicted octanol–water partition coefficient (Wildman–Crippen LogP) is 2.57. The van der Waals surface area contributed by atoms with Crippen LogP contribution in [0.25, 0.3) is 11.5 Å². The third kappa shape index (κ3) is 2.12. The summed E-state index contributed by atoms with van der Waals surface area (Å²) < 4.78 is 5.36. The van der Waals surface area contributed by atoms with Crippen molar-refractivity contribution in [2.75, 3.05) is 13.1 Å². The third-order valence-electron chi connectivity index (χ3n) is 3.19. The van der Waals surface area contributed by atoms with Crippen molar-refractivity contribution in [2.24, 2.45) is 0 Å². The molecular formula is C12H15N3OS. The maximum absolute atomic E-state index is 5.36. The summed E-state index contributed by atoms with van der Waals surface area (Å²) in [5.41, 5.74) is 2.27. The number of nitrogens with zero attached hydrogens (tertiary/aromatic N) is 2. The Hall–Kier alpha value is -1.20. The van der Waals surface area contributed by atoms with Crippen LogP contribution >= 0.6 is 11.3 Å².